The minimum absolute atomic E-state index is 0.0707. The number of amides is 2. The molecule has 0 aliphatic rings. The first-order valence-electron chi connectivity index (χ1n) is 6.57. The van der Waals surface area contributed by atoms with Crippen LogP contribution in [0.2, 0.25) is 0 Å². The molecule has 0 heterocycles. The lowest BCUT2D eigenvalue weighted by Gasteiger charge is -2.10. The van der Waals surface area contributed by atoms with Gasteiger partial charge in [-0.1, -0.05) is 0 Å². The van der Waals surface area contributed by atoms with E-state index in [1.54, 1.807) is 0 Å². The molecule has 4 N–H and O–H groups in total. The monoisotopic (exact) mass is 328 g/mol. The van der Waals surface area contributed by atoms with Gasteiger partial charge in [0.2, 0.25) is 10.0 Å². The van der Waals surface area contributed by atoms with Crippen LogP contribution in [0.3, 0.4) is 0 Å². The molecule has 0 unspecified atom stereocenters. The number of sulfonamides is 1. The van der Waals surface area contributed by atoms with E-state index in [1.165, 1.54) is 24.3 Å². The molecule has 8 nitrogen and oxygen atoms in total. The molecule has 22 heavy (non-hydrogen) atoms. The van der Waals surface area contributed by atoms with Gasteiger partial charge in [-0.15, -0.1) is 0 Å². The van der Waals surface area contributed by atoms with Crippen LogP contribution in [0.1, 0.15) is 6.42 Å². The molecular formula is C13H20N4O4S. The maximum absolute atomic E-state index is 11.6. The maximum Gasteiger partial charge on any atom is 0.313 e. The minimum Gasteiger partial charge on any atom is -0.348 e. The van der Waals surface area contributed by atoms with Gasteiger partial charge < -0.3 is 15.5 Å². The zero-order valence-corrected chi connectivity index (χ0v) is 13.3. The third-order valence-corrected chi connectivity index (χ3v) is 3.64. The van der Waals surface area contributed by atoms with E-state index in [9.17, 15) is 18.0 Å². The van der Waals surface area contributed by atoms with Crippen molar-refractivity contribution in [2.75, 3.05) is 32.5 Å². The van der Waals surface area contributed by atoms with E-state index >= 15 is 0 Å². The van der Waals surface area contributed by atoms with Crippen LogP contribution < -0.4 is 15.8 Å². The van der Waals surface area contributed by atoms with E-state index in [0.717, 1.165) is 13.0 Å². The van der Waals surface area contributed by atoms with Crippen LogP contribution in [0.4, 0.5) is 5.69 Å². The normalized spacial score (nSPS) is 11.3. The average Bonchev–Trinajstić information content (AvgIpc) is 2.42. The lowest BCUT2D eigenvalue weighted by molar-refractivity contribution is -0.136. The summed E-state index contributed by atoms with van der Waals surface area (Å²) in [4.78, 5) is 25.1. The van der Waals surface area contributed by atoms with Crippen LogP contribution in [0, 0.1) is 0 Å². The highest BCUT2D eigenvalue weighted by Gasteiger charge is 2.13. The summed E-state index contributed by atoms with van der Waals surface area (Å²) in [5, 5.41) is 9.84. The van der Waals surface area contributed by atoms with E-state index in [4.69, 9.17) is 5.14 Å². The Bertz CT molecular complexity index is 626. The van der Waals surface area contributed by atoms with Gasteiger partial charge in [-0.05, 0) is 51.3 Å². The van der Waals surface area contributed by atoms with E-state index in [-0.39, 0.29) is 4.90 Å². The second-order valence-corrected chi connectivity index (χ2v) is 6.50. The summed E-state index contributed by atoms with van der Waals surface area (Å²) in [6, 6.07) is 5.22. The van der Waals surface area contributed by atoms with Gasteiger partial charge in [0.1, 0.15) is 0 Å². The van der Waals surface area contributed by atoms with Crippen LogP contribution in [0.25, 0.3) is 0 Å². The second kappa shape index (κ2) is 7.87. The Morgan fingerprint density at radius 3 is 2.23 bits per heavy atom. The van der Waals surface area contributed by atoms with Gasteiger partial charge in [0.05, 0.1) is 4.90 Å². The third-order valence-electron chi connectivity index (χ3n) is 2.71. The van der Waals surface area contributed by atoms with Crippen molar-refractivity contribution in [3.8, 4) is 0 Å². The zero-order valence-electron chi connectivity index (χ0n) is 12.5. The van der Waals surface area contributed by atoms with E-state index in [2.05, 4.69) is 10.6 Å². The number of anilines is 1. The first-order chi connectivity index (χ1) is 10.2. The summed E-state index contributed by atoms with van der Waals surface area (Å²) in [6.07, 6.45) is 0.731. The first-order valence-corrected chi connectivity index (χ1v) is 8.11. The fourth-order valence-corrected chi connectivity index (χ4v) is 2.11. The summed E-state index contributed by atoms with van der Waals surface area (Å²) in [5.41, 5.74) is 0.306. The molecule has 0 saturated carbocycles. The quantitative estimate of drug-likeness (QED) is 0.473. The standard InChI is InChI=1S/C13H20N4O4S/c1-17(2)9-3-8-15-12(18)13(19)16-10-4-6-11(7-5-10)22(14,20)21/h4-7H,3,8-9H2,1-2H3,(H,15,18)(H,16,19)(H2,14,20,21). The highest BCUT2D eigenvalue weighted by molar-refractivity contribution is 7.89. The van der Waals surface area contributed by atoms with Crippen molar-refractivity contribution in [1.82, 2.24) is 10.2 Å². The number of rotatable bonds is 6. The Morgan fingerprint density at radius 2 is 1.73 bits per heavy atom. The van der Waals surface area contributed by atoms with Gasteiger partial charge in [0.25, 0.3) is 0 Å². The Morgan fingerprint density at radius 1 is 1.14 bits per heavy atom. The molecule has 9 heteroatoms. The molecule has 122 valence electrons. The molecule has 0 bridgehead atoms. The first kappa shape index (κ1) is 18.1. The second-order valence-electron chi connectivity index (χ2n) is 4.94. The lowest BCUT2D eigenvalue weighted by atomic mass is 10.3. The van der Waals surface area contributed by atoms with Crippen molar-refractivity contribution in [2.45, 2.75) is 11.3 Å². The Balaban J connectivity index is 2.49. The number of hydrogen-bond acceptors (Lipinski definition) is 5. The number of nitrogens with one attached hydrogen (secondary N) is 2. The predicted molar refractivity (Wildman–Crippen MR) is 82.6 cm³/mol. The van der Waals surface area contributed by atoms with Gasteiger partial charge in [0.15, 0.2) is 0 Å². The number of carbonyl (C=O) groups is 2. The lowest BCUT2D eigenvalue weighted by Crippen LogP contribution is -2.36. The number of primary sulfonamides is 1. The van der Waals surface area contributed by atoms with E-state index in [0.29, 0.717) is 12.2 Å². The maximum atomic E-state index is 11.6. The van der Waals surface area contributed by atoms with Crippen molar-refractivity contribution in [3.63, 3.8) is 0 Å². The number of nitrogens with zero attached hydrogens (tertiary/aromatic N) is 1. The molecular weight excluding hydrogens is 308 g/mol. The Kier molecular flexibility index (Phi) is 6.47. The van der Waals surface area contributed by atoms with Gasteiger partial charge in [0, 0.05) is 12.2 Å². The fraction of sp³-hybridized carbons (Fsp3) is 0.385. The molecule has 1 aromatic carbocycles. The van der Waals surface area contributed by atoms with Crippen LogP contribution in [-0.4, -0.2) is 52.3 Å². The smallest absolute Gasteiger partial charge is 0.313 e. The summed E-state index contributed by atoms with van der Waals surface area (Å²) < 4.78 is 22.2. The highest BCUT2D eigenvalue weighted by atomic mass is 32.2. The zero-order chi connectivity index (χ0) is 16.8. The summed E-state index contributed by atoms with van der Waals surface area (Å²) in [5.74, 6) is -1.55. The summed E-state index contributed by atoms with van der Waals surface area (Å²) in [6.45, 7) is 1.20. The van der Waals surface area contributed by atoms with Crippen LogP contribution in [0.5, 0.6) is 0 Å². The molecule has 1 rings (SSSR count). The van der Waals surface area contributed by atoms with E-state index in [1.807, 2.05) is 19.0 Å². The Labute approximate surface area is 129 Å². The minimum atomic E-state index is -3.78. The van der Waals surface area contributed by atoms with Crippen molar-refractivity contribution < 1.29 is 18.0 Å². The Hall–Kier alpha value is -1.97. The van der Waals surface area contributed by atoms with Crippen molar-refractivity contribution >= 4 is 27.5 Å². The van der Waals surface area contributed by atoms with E-state index < -0.39 is 21.8 Å². The summed E-state index contributed by atoms with van der Waals surface area (Å²) in [7, 11) is 0.0504. The van der Waals surface area contributed by atoms with Crippen LogP contribution in [-0.2, 0) is 19.6 Å². The molecule has 2 amide bonds. The topological polar surface area (TPSA) is 122 Å². The van der Waals surface area contributed by atoms with Crippen molar-refractivity contribution in [3.05, 3.63) is 24.3 Å². The molecule has 0 saturated heterocycles. The fourth-order valence-electron chi connectivity index (χ4n) is 1.59. The van der Waals surface area contributed by atoms with Gasteiger partial charge >= 0.3 is 11.8 Å². The molecule has 0 aliphatic carbocycles. The molecule has 0 radical (unpaired) electrons. The van der Waals surface area contributed by atoms with Gasteiger partial charge in [-0.2, -0.15) is 0 Å². The average molecular weight is 328 g/mol. The number of benzene rings is 1. The third kappa shape index (κ3) is 6.20. The number of carbonyl (C=O) groups excluding carboxylic acids is 2. The van der Waals surface area contributed by atoms with Crippen molar-refractivity contribution in [2.24, 2.45) is 5.14 Å². The van der Waals surface area contributed by atoms with Crippen LogP contribution in [0.15, 0.2) is 29.2 Å². The van der Waals surface area contributed by atoms with Crippen LogP contribution >= 0.6 is 0 Å². The molecule has 0 spiro atoms. The molecule has 0 aliphatic heterocycles. The van der Waals surface area contributed by atoms with Gasteiger partial charge in [-0.25, -0.2) is 13.6 Å². The largest absolute Gasteiger partial charge is 0.348 e. The molecule has 0 fully saturated rings. The SMILES string of the molecule is CN(C)CCCNC(=O)C(=O)Nc1ccc(S(N)(=O)=O)cc1. The highest BCUT2D eigenvalue weighted by Crippen LogP contribution is 2.12. The summed E-state index contributed by atoms with van der Waals surface area (Å²) >= 11 is 0. The number of hydrogen-bond donors (Lipinski definition) is 3. The van der Waals surface area contributed by atoms with Gasteiger partial charge in [-0.3, -0.25) is 9.59 Å². The van der Waals surface area contributed by atoms with Crippen molar-refractivity contribution in [1.29, 1.82) is 0 Å². The molecule has 0 atom stereocenters. The molecule has 1 aromatic rings. The predicted octanol–water partition coefficient (Wildman–Crippen LogP) is -0.660. The molecule has 0 aromatic heterocycles. The number of nitrogens with two attached hydrogens (primary N) is 1.